The molecule has 0 bridgehead atoms. The molecule has 2 rings (SSSR count). The maximum absolute atomic E-state index is 12.1. The second-order valence-corrected chi connectivity index (χ2v) is 3.98. The lowest BCUT2D eigenvalue weighted by molar-refractivity contribution is -0.0498. The molecule has 0 fully saturated rings. The predicted molar refractivity (Wildman–Crippen MR) is 65.5 cm³/mol. The molecule has 0 saturated carbocycles. The molecule has 98 valence electrons. The number of halogens is 2. The first-order chi connectivity index (χ1) is 9.06. The Morgan fingerprint density at radius 3 is 2.42 bits per heavy atom. The minimum atomic E-state index is -2.87. The number of aryl methyl sites for hydroxylation is 1. The largest absolute Gasteiger partial charge is 0.435 e. The SMILES string of the molecule is Cc1cncc(C(=O)c2ccc(OC(F)F)cc2)c1. The molecule has 0 aliphatic rings. The van der Waals surface area contributed by atoms with E-state index in [2.05, 4.69) is 9.72 Å². The number of benzene rings is 1. The van der Waals surface area contributed by atoms with Crippen molar-refractivity contribution in [3.8, 4) is 5.75 Å². The van der Waals surface area contributed by atoms with Gasteiger partial charge in [0.1, 0.15) is 5.75 Å². The molecule has 5 heteroatoms. The molecular formula is C14H11F2NO2. The number of aromatic nitrogens is 1. The lowest BCUT2D eigenvalue weighted by Crippen LogP contribution is -2.04. The van der Waals surface area contributed by atoms with Crippen molar-refractivity contribution >= 4 is 5.78 Å². The molecule has 0 spiro atoms. The van der Waals surface area contributed by atoms with Gasteiger partial charge in [-0.15, -0.1) is 0 Å². The monoisotopic (exact) mass is 263 g/mol. The molecular weight excluding hydrogens is 252 g/mol. The topological polar surface area (TPSA) is 39.2 Å². The Bertz CT molecular complexity index is 582. The highest BCUT2D eigenvalue weighted by molar-refractivity contribution is 6.08. The summed E-state index contributed by atoms with van der Waals surface area (Å²) in [6.45, 7) is -1.04. The molecule has 0 atom stereocenters. The maximum atomic E-state index is 12.1. The number of hydrogen-bond acceptors (Lipinski definition) is 3. The van der Waals surface area contributed by atoms with Gasteiger partial charge in [-0.05, 0) is 42.8 Å². The van der Waals surface area contributed by atoms with Crippen LogP contribution in [-0.2, 0) is 0 Å². The van der Waals surface area contributed by atoms with Gasteiger partial charge >= 0.3 is 6.61 Å². The van der Waals surface area contributed by atoms with E-state index in [0.29, 0.717) is 11.1 Å². The van der Waals surface area contributed by atoms with Crippen molar-refractivity contribution in [1.82, 2.24) is 4.98 Å². The third kappa shape index (κ3) is 3.34. The van der Waals surface area contributed by atoms with Crippen LogP contribution in [0.5, 0.6) is 5.75 Å². The molecule has 0 unspecified atom stereocenters. The van der Waals surface area contributed by atoms with Gasteiger partial charge in [0.25, 0.3) is 0 Å². The van der Waals surface area contributed by atoms with Crippen molar-refractivity contribution in [2.75, 3.05) is 0 Å². The van der Waals surface area contributed by atoms with Gasteiger partial charge in [-0.1, -0.05) is 0 Å². The van der Waals surface area contributed by atoms with Crippen LogP contribution >= 0.6 is 0 Å². The summed E-state index contributed by atoms with van der Waals surface area (Å²) in [7, 11) is 0. The average molecular weight is 263 g/mol. The van der Waals surface area contributed by atoms with Crippen molar-refractivity contribution in [2.24, 2.45) is 0 Å². The zero-order valence-electron chi connectivity index (χ0n) is 10.1. The van der Waals surface area contributed by atoms with Crippen LogP contribution in [0.15, 0.2) is 42.7 Å². The van der Waals surface area contributed by atoms with Gasteiger partial charge < -0.3 is 4.74 Å². The van der Waals surface area contributed by atoms with Crippen LogP contribution < -0.4 is 4.74 Å². The van der Waals surface area contributed by atoms with Crippen molar-refractivity contribution in [2.45, 2.75) is 13.5 Å². The molecule has 0 N–H and O–H groups in total. The number of alkyl halides is 2. The van der Waals surface area contributed by atoms with Gasteiger partial charge in [0.2, 0.25) is 0 Å². The fraction of sp³-hybridized carbons (Fsp3) is 0.143. The lowest BCUT2D eigenvalue weighted by atomic mass is 10.0. The molecule has 1 aromatic carbocycles. The van der Waals surface area contributed by atoms with E-state index in [9.17, 15) is 13.6 Å². The number of ether oxygens (including phenoxy) is 1. The quantitative estimate of drug-likeness (QED) is 0.795. The Balaban J connectivity index is 2.20. The summed E-state index contributed by atoms with van der Waals surface area (Å²) in [6.07, 6.45) is 3.12. The van der Waals surface area contributed by atoms with Gasteiger partial charge in [0.15, 0.2) is 5.78 Å². The number of hydrogen-bond donors (Lipinski definition) is 0. The van der Waals surface area contributed by atoms with Gasteiger partial charge in [0.05, 0.1) is 0 Å². The number of carbonyl (C=O) groups is 1. The number of rotatable bonds is 4. The molecule has 0 aliphatic heterocycles. The van der Waals surface area contributed by atoms with E-state index < -0.39 is 6.61 Å². The van der Waals surface area contributed by atoms with E-state index in [4.69, 9.17) is 0 Å². The van der Waals surface area contributed by atoms with Crippen LogP contribution in [0.2, 0.25) is 0 Å². The first-order valence-corrected chi connectivity index (χ1v) is 5.57. The molecule has 3 nitrogen and oxygen atoms in total. The molecule has 1 aromatic heterocycles. The Morgan fingerprint density at radius 2 is 1.84 bits per heavy atom. The minimum Gasteiger partial charge on any atom is -0.435 e. The average Bonchev–Trinajstić information content (AvgIpc) is 2.38. The molecule has 0 aliphatic carbocycles. The van der Waals surface area contributed by atoms with Gasteiger partial charge in [-0.3, -0.25) is 9.78 Å². The Hall–Kier alpha value is -2.30. The van der Waals surface area contributed by atoms with Crippen LogP contribution in [0.25, 0.3) is 0 Å². The highest BCUT2D eigenvalue weighted by atomic mass is 19.3. The van der Waals surface area contributed by atoms with Crippen molar-refractivity contribution in [3.05, 3.63) is 59.4 Å². The van der Waals surface area contributed by atoms with Crippen LogP contribution in [0, 0.1) is 6.92 Å². The van der Waals surface area contributed by atoms with Crippen molar-refractivity contribution in [1.29, 1.82) is 0 Å². The second kappa shape index (κ2) is 5.56. The molecule has 19 heavy (non-hydrogen) atoms. The van der Waals surface area contributed by atoms with Crippen LogP contribution in [0.3, 0.4) is 0 Å². The number of nitrogens with zero attached hydrogens (tertiary/aromatic N) is 1. The fourth-order valence-electron chi connectivity index (χ4n) is 1.63. The molecule has 0 saturated heterocycles. The van der Waals surface area contributed by atoms with E-state index in [1.807, 2.05) is 6.92 Å². The summed E-state index contributed by atoms with van der Waals surface area (Å²) in [6, 6.07) is 7.29. The molecule has 0 radical (unpaired) electrons. The second-order valence-electron chi connectivity index (χ2n) is 3.98. The molecule has 0 amide bonds. The first-order valence-electron chi connectivity index (χ1n) is 5.57. The van der Waals surface area contributed by atoms with E-state index >= 15 is 0 Å². The van der Waals surface area contributed by atoms with Gasteiger partial charge in [-0.25, -0.2) is 0 Å². The van der Waals surface area contributed by atoms with Gasteiger partial charge in [-0.2, -0.15) is 8.78 Å². The molecule has 2 aromatic rings. The zero-order valence-corrected chi connectivity index (χ0v) is 10.1. The smallest absolute Gasteiger partial charge is 0.387 e. The third-order valence-electron chi connectivity index (χ3n) is 2.48. The normalized spacial score (nSPS) is 10.5. The maximum Gasteiger partial charge on any atom is 0.387 e. The van der Waals surface area contributed by atoms with E-state index in [0.717, 1.165) is 5.56 Å². The van der Waals surface area contributed by atoms with Crippen molar-refractivity contribution in [3.63, 3.8) is 0 Å². The number of carbonyl (C=O) groups excluding carboxylic acids is 1. The highest BCUT2D eigenvalue weighted by Crippen LogP contribution is 2.17. The lowest BCUT2D eigenvalue weighted by Gasteiger charge is -2.05. The Labute approximate surface area is 108 Å². The summed E-state index contributed by atoms with van der Waals surface area (Å²) >= 11 is 0. The summed E-state index contributed by atoms with van der Waals surface area (Å²) in [5.41, 5.74) is 1.74. The third-order valence-corrected chi connectivity index (χ3v) is 2.48. The summed E-state index contributed by atoms with van der Waals surface area (Å²) in [5.74, 6) is -0.186. The van der Waals surface area contributed by atoms with E-state index in [1.54, 1.807) is 12.3 Å². The summed E-state index contributed by atoms with van der Waals surface area (Å²) < 4.78 is 28.2. The van der Waals surface area contributed by atoms with E-state index in [-0.39, 0.29) is 11.5 Å². The number of ketones is 1. The highest BCUT2D eigenvalue weighted by Gasteiger charge is 2.10. The summed E-state index contributed by atoms with van der Waals surface area (Å²) in [5, 5.41) is 0. The Kier molecular flexibility index (Phi) is 3.85. The molecule has 1 heterocycles. The first kappa shape index (κ1) is 13.1. The van der Waals surface area contributed by atoms with E-state index in [1.165, 1.54) is 30.5 Å². The zero-order chi connectivity index (χ0) is 13.8. The standard InChI is InChI=1S/C14H11F2NO2/c1-9-6-11(8-17-7-9)13(18)10-2-4-12(5-3-10)19-14(15)16/h2-8,14H,1H3. The van der Waals surface area contributed by atoms with Crippen LogP contribution in [0.1, 0.15) is 21.5 Å². The van der Waals surface area contributed by atoms with Crippen molar-refractivity contribution < 1.29 is 18.3 Å². The predicted octanol–water partition coefficient (Wildman–Crippen LogP) is 3.22. The fourth-order valence-corrected chi connectivity index (χ4v) is 1.63. The van der Waals surface area contributed by atoms with Crippen LogP contribution in [-0.4, -0.2) is 17.4 Å². The van der Waals surface area contributed by atoms with Crippen LogP contribution in [0.4, 0.5) is 8.78 Å². The van der Waals surface area contributed by atoms with Gasteiger partial charge in [0, 0.05) is 23.5 Å². The number of pyridine rings is 1. The minimum absolute atomic E-state index is 0.0221. The summed E-state index contributed by atoms with van der Waals surface area (Å²) in [4.78, 5) is 16.0. The Morgan fingerprint density at radius 1 is 1.16 bits per heavy atom.